The fraction of sp³-hybridized carbons (Fsp3) is 0.130. The summed E-state index contributed by atoms with van der Waals surface area (Å²) >= 11 is 0. The number of aromatic nitrogens is 4. The molecule has 6 heteroatoms. The summed E-state index contributed by atoms with van der Waals surface area (Å²) in [4.78, 5) is 8.00. The zero-order valence-corrected chi connectivity index (χ0v) is 16.2. The Morgan fingerprint density at radius 2 is 1.90 bits per heavy atom. The molecule has 0 bridgehead atoms. The number of imidazole rings is 1. The normalized spacial score (nSPS) is 11.4. The Morgan fingerprint density at radius 3 is 2.69 bits per heavy atom. The molecule has 0 aliphatic carbocycles. The van der Waals surface area contributed by atoms with Gasteiger partial charge < -0.3 is 14.8 Å². The van der Waals surface area contributed by atoms with E-state index in [1.807, 2.05) is 30.3 Å². The van der Waals surface area contributed by atoms with Gasteiger partial charge in [-0.1, -0.05) is 25.1 Å². The van der Waals surface area contributed by atoms with E-state index >= 15 is 0 Å². The molecular weight excluding hydrogens is 364 g/mol. The molecule has 144 valence electrons. The lowest BCUT2D eigenvalue weighted by molar-refractivity contribution is 0.373. The Labute approximate surface area is 167 Å². The summed E-state index contributed by atoms with van der Waals surface area (Å²) in [6, 6.07) is 17.8. The smallest absolute Gasteiger partial charge is 0.161 e. The van der Waals surface area contributed by atoms with Gasteiger partial charge in [0, 0.05) is 5.39 Å². The van der Waals surface area contributed by atoms with Crippen LogP contribution in [0.1, 0.15) is 12.5 Å². The molecule has 0 saturated carbocycles. The highest BCUT2D eigenvalue weighted by Gasteiger charge is 2.15. The number of ether oxygens (including phenoxy) is 1. The van der Waals surface area contributed by atoms with E-state index < -0.39 is 0 Å². The van der Waals surface area contributed by atoms with E-state index in [0.717, 1.165) is 56.6 Å². The number of hydrogen-bond acceptors (Lipinski definition) is 4. The van der Waals surface area contributed by atoms with E-state index in [1.165, 1.54) is 0 Å². The van der Waals surface area contributed by atoms with Crippen molar-refractivity contribution in [3.8, 4) is 34.1 Å². The summed E-state index contributed by atoms with van der Waals surface area (Å²) in [5.41, 5.74) is 6.74. The summed E-state index contributed by atoms with van der Waals surface area (Å²) in [5, 5.41) is 18.7. The zero-order chi connectivity index (χ0) is 20.0. The van der Waals surface area contributed by atoms with Crippen molar-refractivity contribution in [3.63, 3.8) is 0 Å². The number of benzene rings is 3. The molecule has 0 unspecified atom stereocenters. The molecule has 3 N–H and O–H groups in total. The van der Waals surface area contributed by atoms with E-state index in [4.69, 9.17) is 4.74 Å². The molecule has 0 saturated heterocycles. The lowest BCUT2D eigenvalue weighted by Gasteiger charge is -2.12. The molecule has 0 amide bonds. The molecule has 5 rings (SSSR count). The van der Waals surface area contributed by atoms with Gasteiger partial charge in [-0.2, -0.15) is 5.10 Å². The molecule has 2 aromatic heterocycles. The first kappa shape index (κ1) is 17.3. The maximum absolute atomic E-state index is 10.1. The predicted molar refractivity (Wildman–Crippen MR) is 114 cm³/mol. The first-order valence-electron chi connectivity index (χ1n) is 9.51. The quantitative estimate of drug-likeness (QED) is 0.405. The number of phenolic OH excluding ortho intramolecular Hbond substituents is 1. The molecule has 0 fully saturated rings. The number of phenols is 1. The highest BCUT2D eigenvalue weighted by Crippen LogP contribution is 2.37. The maximum atomic E-state index is 10.1. The monoisotopic (exact) mass is 384 g/mol. The molecular formula is C23H20N4O2. The van der Waals surface area contributed by atoms with Crippen molar-refractivity contribution >= 4 is 21.9 Å². The van der Waals surface area contributed by atoms with Gasteiger partial charge in [-0.25, -0.2) is 4.98 Å². The van der Waals surface area contributed by atoms with Crippen LogP contribution in [0.25, 0.3) is 44.6 Å². The van der Waals surface area contributed by atoms with Crippen molar-refractivity contribution < 1.29 is 9.84 Å². The van der Waals surface area contributed by atoms with E-state index in [2.05, 4.69) is 45.3 Å². The van der Waals surface area contributed by atoms with Gasteiger partial charge in [-0.05, 0) is 59.5 Å². The van der Waals surface area contributed by atoms with E-state index in [9.17, 15) is 5.11 Å². The molecule has 29 heavy (non-hydrogen) atoms. The van der Waals surface area contributed by atoms with Gasteiger partial charge in [-0.3, -0.25) is 5.10 Å². The van der Waals surface area contributed by atoms with Crippen LogP contribution < -0.4 is 4.74 Å². The van der Waals surface area contributed by atoms with Gasteiger partial charge in [0.15, 0.2) is 17.3 Å². The third-order valence-electron chi connectivity index (χ3n) is 5.27. The number of rotatable bonds is 4. The summed E-state index contributed by atoms with van der Waals surface area (Å²) in [6.45, 7) is 2.07. The van der Waals surface area contributed by atoms with Crippen molar-refractivity contribution in [1.82, 2.24) is 20.2 Å². The highest BCUT2D eigenvalue weighted by atomic mass is 16.5. The SMILES string of the molecule is CCc1cc(O)c(OC)cc1-c1ccc2c(-c3nc4ccccc4[nH]3)n[nH]c2c1. The average Bonchev–Trinajstić information content (AvgIpc) is 3.36. The molecule has 0 aliphatic rings. The molecule has 0 aliphatic heterocycles. The largest absolute Gasteiger partial charge is 0.504 e. The van der Waals surface area contributed by atoms with Crippen molar-refractivity contribution in [1.29, 1.82) is 0 Å². The topological polar surface area (TPSA) is 86.8 Å². The standard InChI is InChI=1S/C23H20N4O2/c1-3-13-11-20(28)21(29-2)12-16(13)14-8-9-15-19(10-14)26-27-22(15)23-24-17-6-4-5-7-18(17)25-23/h4-12,28H,3H2,1-2H3,(H,24,25)(H,26,27). The van der Waals surface area contributed by atoms with Gasteiger partial charge in [-0.15, -0.1) is 0 Å². The molecule has 5 aromatic rings. The lowest BCUT2D eigenvalue weighted by atomic mass is 9.96. The number of nitrogens with zero attached hydrogens (tertiary/aromatic N) is 2. The van der Waals surface area contributed by atoms with Gasteiger partial charge in [0.1, 0.15) is 5.69 Å². The number of para-hydroxylation sites is 2. The molecule has 0 radical (unpaired) electrons. The van der Waals surface area contributed by atoms with Crippen LogP contribution in [0, 0.1) is 0 Å². The Balaban J connectivity index is 1.63. The summed E-state index contributed by atoms with van der Waals surface area (Å²) < 4.78 is 5.30. The number of nitrogens with one attached hydrogen (secondary N) is 2. The molecule has 6 nitrogen and oxygen atoms in total. The van der Waals surface area contributed by atoms with Crippen molar-refractivity contribution in [2.24, 2.45) is 0 Å². The van der Waals surface area contributed by atoms with Crippen molar-refractivity contribution in [2.45, 2.75) is 13.3 Å². The second-order valence-corrected chi connectivity index (χ2v) is 6.97. The summed E-state index contributed by atoms with van der Waals surface area (Å²) in [6.07, 6.45) is 0.804. The number of fused-ring (bicyclic) bond motifs is 2. The van der Waals surface area contributed by atoms with Gasteiger partial charge in [0.25, 0.3) is 0 Å². The van der Waals surface area contributed by atoms with Gasteiger partial charge >= 0.3 is 0 Å². The number of aromatic hydroxyl groups is 1. The van der Waals surface area contributed by atoms with Crippen LogP contribution in [0.3, 0.4) is 0 Å². The second kappa shape index (κ2) is 6.67. The Morgan fingerprint density at radius 1 is 1.03 bits per heavy atom. The molecule has 3 aromatic carbocycles. The molecule has 0 spiro atoms. The molecule has 0 atom stereocenters. The Bertz CT molecular complexity index is 1320. The maximum Gasteiger partial charge on any atom is 0.161 e. The third kappa shape index (κ3) is 2.81. The minimum Gasteiger partial charge on any atom is -0.504 e. The zero-order valence-electron chi connectivity index (χ0n) is 16.2. The van der Waals surface area contributed by atoms with Crippen LogP contribution in [0.4, 0.5) is 0 Å². The number of aryl methyl sites for hydroxylation is 1. The van der Waals surface area contributed by atoms with E-state index in [0.29, 0.717) is 5.75 Å². The number of methoxy groups -OCH3 is 1. The van der Waals surface area contributed by atoms with Crippen LogP contribution in [-0.2, 0) is 6.42 Å². The number of H-pyrrole nitrogens is 2. The summed E-state index contributed by atoms with van der Waals surface area (Å²) in [5.74, 6) is 1.36. The first-order valence-corrected chi connectivity index (χ1v) is 9.51. The Kier molecular flexibility index (Phi) is 3.98. The third-order valence-corrected chi connectivity index (χ3v) is 5.27. The van der Waals surface area contributed by atoms with E-state index in [1.54, 1.807) is 13.2 Å². The fourth-order valence-corrected chi connectivity index (χ4v) is 3.77. The predicted octanol–water partition coefficient (Wildman–Crippen LogP) is 5.05. The van der Waals surface area contributed by atoms with Gasteiger partial charge in [0.2, 0.25) is 0 Å². The van der Waals surface area contributed by atoms with Crippen LogP contribution in [0.5, 0.6) is 11.5 Å². The number of hydrogen-bond donors (Lipinski definition) is 3. The summed E-state index contributed by atoms with van der Waals surface area (Å²) in [7, 11) is 1.56. The van der Waals surface area contributed by atoms with Crippen LogP contribution >= 0.6 is 0 Å². The van der Waals surface area contributed by atoms with Crippen molar-refractivity contribution in [3.05, 3.63) is 60.2 Å². The van der Waals surface area contributed by atoms with E-state index in [-0.39, 0.29) is 5.75 Å². The average molecular weight is 384 g/mol. The van der Waals surface area contributed by atoms with Crippen LogP contribution in [-0.4, -0.2) is 32.4 Å². The minimum atomic E-state index is 0.155. The minimum absolute atomic E-state index is 0.155. The number of aromatic amines is 2. The van der Waals surface area contributed by atoms with Crippen LogP contribution in [0.2, 0.25) is 0 Å². The van der Waals surface area contributed by atoms with Crippen molar-refractivity contribution in [2.75, 3.05) is 7.11 Å². The molecule has 2 heterocycles. The van der Waals surface area contributed by atoms with Crippen LogP contribution in [0.15, 0.2) is 54.6 Å². The Hall–Kier alpha value is -3.80. The second-order valence-electron chi connectivity index (χ2n) is 6.97. The first-order chi connectivity index (χ1) is 14.2. The lowest BCUT2D eigenvalue weighted by Crippen LogP contribution is -1.92. The fourth-order valence-electron chi connectivity index (χ4n) is 3.77. The van der Waals surface area contributed by atoms with Gasteiger partial charge in [0.05, 0.1) is 23.7 Å². The highest BCUT2D eigenvalue weighted by molar-refractivity contribution is 5.95.